The molecule has 1 aliphatic rings. The van der Waals surface area contributed by atoms with Crippen LogP contribution < -0.4 is 25.4 Å². The summed E-state index contributed by atoms with van der Waals surface area (Å²) in [5.74, 6) is -0.896. The SMILES string of the molecule is COC(=O)N[C@H](C(=O)N[C@@H](Cc1ccc(-c2ccc(OC)nc2)cc1)[C@@H](O)C[C@@H](Cc1ccccc1Cl)C(=O)N[C@H]1c2cc(Cl)ccc2OC[C@H]1O)C(C)(C)C. The highest BCUT2D eigenvalue weighted by Gasteiger charge is 2.38. The van der Waals surface area contributed by atoms with E-state index in [9.17, 15) is 24.6 Å². The molecule has 0 saturated heterocycles. The number of aliphatic hydroxyl groups excluding tert-OH is 2. The summed E-state index contributed by atoms with van der Waals surface area (Å²) in [5.41, 5.74) is 3.02. The van der Waals surface area contributed by atoms with Crippen LogP contribution in [-0.4, -0.2) is 78.2 Å². The number of aromatic nitrogens is 1. The smallest absolute Gasteiger partial charge is 0.407 e. The summed E-state index contributed by atoms with van der Waals surface area (Å²) < 4.78 is 15.7. The lowest BCUT2D eigenvalue weighted by atomic mass is 9.85. The van der Waals surface area contributed by atoms with Crippen molar-refractivity contribution in [3.63, 3.8) is 0 Å². The fourth-order valence-corrected chi connectivity index (χ4v) is 7.04. The highest BCUT2D eigenvalue weighted by molar-refractivity contribution is 6.31. The lowest BCUT2D eigenvalue weighted by Crippen LogP contribution is -2.57. The largest absolute Gasteiger partial charge is 0.490 e. The topological polar surface area (TPSA) is 168 Å². The van der Waals surface area contributed by atoms with Gasteiger partial charge < -0.3 is 40.4 Å². The minimum Gasteiger partial charge on any atom is -0.490 e. The molecule has 0 saturated carbocycles. The zero-order valence-corrected chi connectivity index (χ0v) is 33.4. The summed E-state index contributed by atoms with van der Waals surface area (Å²) in [5, 5.41) is 32.5. The minimum atomic E-state index is -1.28. The van der Waals surface area contributed by atoms with E-state index in [0.29, 0.717) is 32.8 Å². The van der Waals surface area contributed by atoms with Gasteiger partial charge in [0.25, 0.3) is 0 Å². The minimum absolute atomic E-state index is 0.0478. The standard InChI is InChI=1S/C42H48Cl2N4O8/c1-42(2,3)38(48-41(53)55-5)40(52)46-32(18-24-10-12-25(13-11-24)27-14-17-36(54-4)45-22-27)33(49)20-28(19-26-8-6-7-9-31(26)44)39(51)47-37-30-21-29(43)15-16-35(30)56-23-34(37)50/h6-17,21-22,28,32-34,37-38,49-50H,18-20,23H2,1-5H3,(H,46,52)(H,47,51)(H,48,53)/t28-,32+,33+,34-,37+,38-/m1/s1. The number of hydrogen-bond donors (Lipinski definition) is 5. The molecule has 0 aliphatic carbocycles. The molecule has 6 atom stereocenters. The third-order valence-corrected chi connectivity index (χ3v) is 10.4. The number of ether oxygens (including phenoxy) is 3. The van der Waals surface area contributed by atoms with E-state index in [1.807, 2.05) is 36.4 Å². The van der Waals surface area contributed by atoms with Gasteiger partial charge in [0, 0.05) is 39.4 Å². The van der Waals surface area contributed by atoms with Crippen LogP contribution in [0.5, 0.6) is 11.6 Å². The van der Waals surface area contributed by atoms with Crippen molar-refractivity contribution in [3.05, 3.63) is 112 Å². The molecule has 1 aromatic heterocycles. The molecule has 3 amide bonds. The van der Waals surface area contributed by atoms with Crippen molar-refractivity contribution in [1.29, 1.82) is 0 Å². The first kappa shape index (κ1) is 42.3. The Morgan fingerprint density at radius 2 is 1.64 bits per heavy atom. The van der Waals surface area contributed by atoms with E-state index < -0.39 is 59.6 Å². The number of alkyl carbamates (subject to hydrolysis) is 1. The monoisotopic (exact) mass is 806 g/mol. The summed E-state index contributed by atoms with van der Waals surface area (Å²) in [7, 11) is 2.76. The lowest BCUT2D eigenvalue weighted by molar-refractivity contribution is -0.128. The predicted octanol–water partition coefficient (Wildman–Crippen LogP) is 6.08. The quantitative estimate of drug-likeness (QED) is 0.101. The van der Waals surface area contributed by atoms with Crippen LogP contribution in [0.1, 0.15) is 49.9 Å². The van der Waals surface area contributed by atoms with Gasteiger partial charge in [0.2, 0.25) is 17.7 Å². The first-order chi connectivity index (χ1) is 26.7. The number of carbonyl (C=O) groups is 3. The normalized spacial score (nSPS) is 17.2. The van der Waals surface area contributed by atoms with Crippen LogP contribution in [0.25, 0.3) is 11.1 Å². The van der Waals surface area contributed by atoms with Crippen molar-refractivity contribution in [2.24, 2.45) is 11.3 Å². The maximum absolute atomic E-state index is 14.3. The molecule has 0 radical (unpaired) electrons. The molecule has 14 heteroatoms. The van der Waals surface area contributed by atoms with Crippen molar-refractivity contribution >= 4 is 41.1 Å². The molecule has 1 aliphatic heterocycles. The average molecular weight is 808 g/mol. The maximum Gasteiger partial charge on any atom is 0.407 e. The van der Waals surface area contributed by atoms with Crippen molar-refractivity contribution < 1.29 is 38.8 Å². The number of aliphatic hydroxyl groups is 2. The summed E-state index contributed by atoms with van der Waals surface area (Å²) >= 11 is 12.9. The molecule has 0 spiro atoms. The van der Waals surface area contributed by atoms with Gasteiger partial charge in [-0.05, 0) is 71.7 Å². The number of nitrogens with zero attached hydrogens (tertiary/aromatic N) is 1. The summed E-state index contributed by atoms with van der Waals surface area (Å²) in [4.78, 5) is 44.9. The molecule has 3 aromatic carbocycles. The Hall–Kier alpha value is -4.88. The zero-order chi connectivity index (χ0) is 40.6. The molecule has 4 aromatic rings. The summed E-state index contributed by atoms with van der Waals surface area (Å²) in [6, 6.07) is 20.6. The average Bonchev–Trinajstić information content (AvgIpc) is 3.18. The molecule has 0 fully saturated rings. The fraction of sp³-hybridized carbons (Fsp3) is 0.381. The van der Waals surface area contributed by atoms with Gasteiger partial charge in [0.1, 0.15) is 24.5 Å². The van der Waals surface area contributed by atoms with Crippen LogP contribution in [0.4, 0.5) is 4.79 Å². The molecule has 0 unspecified atom stereocenters. The van der Waals surface area contributed by atoms with E-state index in [-0.39, 0.29) is 25.9 Å². The molecule has 5 rings (SSSR count). The van der Waals surface area contributed by atoms with E-state index >= 15 is 0 Å². The van der Waals surface area contributed by atoms with Gasteiger partial charge in [-0.25, -0.2) is 9.78 Å². The third kappa shape index (κ3) is 10.9. The van der Waals surface area contributed by atoms with E-state index in [1.165, 1.54) is 7.11 Å². The Morgan fingerprint density at radius 3 is 2.29 bits per heavy atom. The van der Waals surface area contributed by atoms with Crippen LogP contribution >= 0.6 is 23.2 Å². The number of fused-ring (bicyclic) bond motifs is 1. The summed E-state index contributed by atoms with van der Waals surface area (Å²) in [6.07, 6.45) is -1.21. The van der Waals surface area contributed by atoms with Gasteiger partial charge in [-0.15, -0.1) is 0 Å². The van der Waals surface area contributed by atoms with E-state index in [2.05, 4.69) is 20.9 Å². The van der Waals surface area contributed by atoms with Gasteiger partial charge in [0.05, 0.1) is 32.4 Å². The number of rotatable bonds is 14. The maximum atomic E-state index is 14.3. The van der Waals surface area contributed by atoms with Gasteiger partial charge in [0.15, 0.2) is 0 Å². The van der Waals surface area contributed by atoms with Crippen molar-refractivity contribution in [2.45, 2.75) is 70.4 Å². The van der Waals surface area contributed by atoms with Crippen LogP contribution in [-0.2, 0) is 27.2 Å². The fourth-order valence-electron chi connectivity index (χ4n) is 6.65. The number of halogens is 2. The van der Waals surface area contributed by atoms with Crippen molar-refractivity contribution in [3.8, 4) is 22.8 Å². The Bertz CT molecular complexity index is 1970. The van der Waals surface area contributed by atoms with Gasteiger partial charge in [-0.2, -0.15) is 0 Å². The molecular formula is C42H48Cl2N4O8. The molecule has 0 bridgehead atoms. The van der Waals surface area contributed by atoms with Gasteiger partial charge in [-0.1, -0.05) is 86.4 Å². The molecule has 56 heavy (non-hydrogen) atoms. The van der Waals surface area contributed by atoms with Crippen LogP contribution in [0, 0.1) is 11.3 Å². The van der Waals surface area contributed by atoms with E-state index in [1.54, 1.807) is 76.5 Å². The Labute approximate surface area is 336 Å². The van der Waals surface area contributed by atoms with Crippen LogP contribution in [0.15, 0.2) is 85.1 Å². The number of amides is 3. The Balaban J connectivity index is 1.45. The molecular weight excluding hydrogens is 759 g/mol. The number of hydrogen-bond acceptors (Lipinski definition) is 9. The molecule has 5 N–H and O–H groups in total. The molecule has 2 heterocycles. The Morgan fingerprint density at radius 1 is 0.929 bits per heavy atom. The Kier molecular flexibility index (Phi) is 14.2. The zero-order valence-electron chi connectivity index (χ0n) is 31.9. The molecule has 12 nitrogen and oxygen atoms in total. The van der Waals surface area contributed by atoms with Crippen LogP contribution in [0.2, 0.25) is 10.0 Å². The molecule has 298 valence electrons. The van der Waals surface area contributed by atoms with Gasteiger partial charge in [-0.3, -0.25) is 9.59 Å². The lowest BCUT2D eigenvalue weighted by Gasteiger charge is -2.34. The second-order valence-electron chi connectivity index (χ2n) is 14.9. The van der Waals surface area contributed by atoms with E-state index in [4.69, 9.17) is 37.4 Å². The second-order valence-corrected chi connectivity index (χ2v) is 15.7. The van der Waals surface area contributed by atoms with Crippen molar-refractivity contribution in [2.75, 3.05) is 20.8 Å². The highest BCUT2D eigenvalue weighted by Crippen LogP contribution is 2.35. The second kappa shape index (κ2) is 18.8. The van der Waals surface area contributed by atoms with Crippen molar-refractivity contribution in [1.82, 2.24) is 20.9 Å². The number of benzene rings is 3. The number of methoxy groups -OCH3 is 2. The predicted molar refractivity (Wildman–Crippen MR) is 214 cm³/mol. The number of nitrogens with one attached hydrogen (secondary N) is 3. The highest BCUT2D eigenvalue weighted by atomic mass is 35.5. The van der Waals surface area contributed by atoms with Crippen LogP contribution in [0.3, 0.4) is 0 Å². The van der Waals surface area contributed by atoms with E-state index in [0.717, 1.165) is 16.7 Å². The number of pyridine rings is 1. The first-order valence-electron chi connectivity index (χ1n) is 18.2. The summed E-state index contributed by atoms with van der Waals surface area (Å²) in [6.45, 7) is 5.34. The first-order valence-corrected chi connectivity index (χ1v) is 19.0. The number of carbonyl (C=O) groups excluding carboxylic acids is 3. The third-order valence-electron chi connectivity index (χ3n) is 9.78. The van der Waals surface area contributed by atoms with Gasteiger partial charge >= 0.3 is 6.09 Å².